The Labute approximate surface area is 158 Å². The highest BCUT2D eigenvalue weighted by molar-refractivity contribution is 5.74. The first-order chi connectivity index (χ1) is 13.2. The largest absolute Gasteiger partial charge is 0.490 e. The van der Waals surface area contributed by atoms with Crippen molar-refractivity contribution < 1.29 is 14.3 Å². The SMILES string of the molecule is Cn1cnnc1C1CCN(C(=O)NCc2ccc3c(c2)OCCCO3)CC1. The Hall–Kier alpha value is -2.77. The van der Waals surface area contributed by atoms with Crippen LogP contribution >= 0.6 is 0 Å². The third kappa shape index (κ3) is 3.99. The van der Waals surface area contributed by atoms with E-state index < -0.39 is 0 Å². The van der Waals surface area contributed by atoms with Crippen molar-refractivity contribution in [3.05, 3.63) is 35.9 Å². The Kier molecular flexibility index (Phi) is 5.13. The minimum Gasteiger partial charge on any atom is -0.490 e. The number of nitrogens with zero attached hydrogens (tertiary/aromatic N) is 4. The lowest BCUT2D eigenvalue weighted by Crippen LogP contribution is -2.44. The maximum Gasteiger partial charge on any atom is 0.317 e. The van der Waals surface area contributed by atoms with E-state index in [1.165, 1.54) is 0 Å². The van der Waals surface area contributed by atoms with E-state index in [9.17, 15) is 4.79 Å². The lowest BCUT2D eigenvalue weighted by atomic mass is 9.96. The van der Waals surface area contributed by atoms with Gasteiger partial charge < -0.3 is 24.3 Å². The molecule has 8 nitrogen and oxygen atoms in total. The number of aryl methyl sites for hydroxylation is 1. The smallest absolute Gasteiger partial charge is 0.317 e. The molecule has 144 valence electrons. The molecule has 1 N–H and O–H groups in total. The number of fused-ring (bicyclic) bond motifs is 1. The van der Waals surface area contributed by atoms with Gasteiger partial charge in [-0.05, 0) is 30.5 Å². The summed E-state index contributed by atoms with van der Waals surface area (Å²) in [7, 11) is 1.96. The molecule has 8 heteroatoms. The van der Waals surface area contributed by atoms with Gasteiger partial charge in [-0.15, -0.1) is 10.2 Å². The molecule has 0 radical (unpaired) electrons. The predicted octanol–water partition coefficient (Wildman–Crippen LogP) is 2.07. The number of aromatic nitrogens is 3. The summed E-state index contributed by atoms with van der Waals surface area (Å²) in [4.78, 5) is 14.4. The Morgan fingerprint density at radius 1 is 1.22 bits per heavy atom. The molecule has 4 rings (SSSR count). The van der Waals surface area contributed by atoms with Gasteiger partial charge in [-0.2, -0.15) is 0 Å². The molecule has 2 aromatic rings. The summed E-state index contributed by atoms with van der Waals surface area (Å²) in [5, 5.41) is 11.2. The van der Waals surface area contributed by atoms with Crippen molar-refractivity contribution in [3.8, 4) is 11.5 Å². The van der Waals surface area contributed by atoms with Crippen molar-refractivity contribution in [3.63, 3.8) is 0 Å². The van der Waals surface area contributed by atoms with Crippen molar-refractivity contribution in [2.75, 3.05) is 26.3 Å². The lowest BCUT2D eigenvalue weighted by molar-refractivity contribution is 0.179. The molecule has 0 unspecified atom stereocenters. The summed E-state index contributed by atoms with van der Waals surface area (Å²) < 4.78 is 13.3. The molecule has 1 aromatic heterocycles. The van der Waals surface area contributed by atoms with Crippen LogP contribution in [0.25, 0.3) is 0 Å². The van der Waals surface area contributed by atoms with Crippen LogP contribution in [-0.4, -0.2) is 52.0 Å². The van der Waals surface area contributed by atoms with Gasteiger partial charge in [-0.1, -0.05) is 6.07 Å². The van der Waals surface area contributed by atoms with E-state index in [0.29, 0.717) is 25.7 Å². The molecule has 2 aliphatic rings. The molecule has 0 spiro atoms. The van der Waals surface area contributed by atoms with Crippen LogP contribution in [0, 0.1) is 0 Å². The summed E-state index contributed by atoms with van der Waals surface area (Å²) >= 11 is 0. The van der Waals surface area contributed by atoms with Gasteiger partial charge in [0.1, 0.15) is 12.2 Å². The zero-order valence-corrected chi connectivity index (χ0v) is 15.6. The lowest BCUT2D eigenvalue weighted by Gasteiger charge is -2.31. The first-order valence-electron chi connectivity index (χ1n) is 9.46. The van der Waals surface area contributed by atoms with Gasteiger partial charge in [0.25, 0.3) is 0 Å². The second-order valence-corrected chi connectivity index (χ2v) is 7.05. The quantitative estimate of drug-likeness (QED) is 0.893. The molecule has 2 amide bonds. The van der Waals surface area contributed by atoms with Crippen molar-refractivity contribution in [2.24, 2.45) is 7.05 Å². The fourth-order valence-corrected chi connectivity index (χ4v) is 3.61. The number of amides is 2. The van der Waals surface area contributed by atoms with Crippen LogP contribution in [0.3, 0.4) is 0 Å². The molecule has 0 aliphatic carbocycles. The summed E-state index contributed by atoms with van der Waals surface area (Å²) in [6.07, 6.45) is 4.42. The fraction of sp³-hybridized carbons (Fsp3) is 0.526. The monoisotopic (exact) mass is 371 g/mol. The Bertz CT molecular complexity index is 798. The van der Waals surface area contributed by atoms with Gasteiger partial charge in [-0.25, -0.2) is 4.79 Å². The first kappa shape index (κ1) is 17.6. The molecule has 3 heterocycles. The molecule has 0 saturated carbocycles. The first-order valence-corrected chi connectivity index (χ1v) is 9.46. The number of hydrogen-bond acceptors (Lipinski definition) is 5. The van der Waals surface area contributed by atoms with E-state index in [0.717, 1.165) is 55.2 Å². The second kappa shape index (κ2) is 7.85. The third-order valence-electron chi connectivity index (χ3n) is 5.15. The van der Waals surface area contributed by atoms with Crippen molar-refractivity contribution >= 4 is 6.03 Å². The van der Waals surface area contributed by atoms with Crippen molar-refractivity contribution in [2.45, 2.75) is 31.7 Å². The number of ether oxygens (including phenoxy) is 2. The Balaban J connectivity index is 1.29. The predicted molar refractivity (Wildman–Crippen MR) is 98.8 cm³/mol. The molecule has 27 heavy (non-hydrogen) atoms. The van der Waals surface area contributed by atoms with Crippen LogP contribution in [0.1, 0.15) is 36.6 Å². The molecular formula is C19H25N5O3. The average molecular weight is 371 g/mol. The van der Waals surface area contributed by atoms with Crippen LogP contribution in [0.5, 0.6) is 11.5 Å². The van der Waals surface area contributed by atoms with Crippen LogP contribution in [0.4, 0.5) is 4.79 Å². The van der Waals surface area contributed by atoms with Crippen LogP contribution in [0.15, 0.2) is 24.5 Å². The van der Waals surface area contributed by atoms with Crippen LogP contribution < -0.4 is 14.8 Å². The van der Waals surface area contributed by atoms with E-state index in [2.05, 4.69) is 15.5 Å². The molecule has 1 fully saturated rings. The third-order valence-corrected chi connectivity index (χ3v) is 5.15. The Morgan fingerprint density at radius 2 is 2.00 bits per heavy atom. The van der Waals surface area contributed by atoms with Gasteiger partial charge in [0, 0.05) is 39.0 Å². The van der Waals surface area contributed by atoms with Gasteiger partial charge in [-0.3, -0.25) is 0 Å². The molecule has 0 bridgehead atoms. The summed E-state index contributed by atoms with van der Waals surface area (Å²) in [5.41, 5.74) is 1.00. The van der Waals surface area contributed by atoms with E-state index in [-0.39, 0.29) is 6.03 Å². The normalized spacial score (nSPS) is 17.4. The zero-order valence-electron chi connectivity index (χ0n) is 15.6. The van der Waals surface area contributed by atoms with E-state index >= 15 is 0 Å². The maximum atomic E-state index is 12.5. The van der Waals surface area contributed by atoms with Crippen molar-refractivity contribution in [1.82, 2.24) is 25.0 Å². The minimum absolute atomic E-state index is 0.0291. The van der Waals surface area contributed by atoms with Gasteiger partial charge in [0.2, 0.25) is 0 Å². The van der Waals surface area contributed by atoms with Crippen LogP contribution in [0.2, 0.25) is 0 Å². The van der Waals surface area contributed by atoms with E-state index in [4.69, 9.17) is 9.47 Å². The maximum absolute atomic E-state index is 12.5. The molecule has 1 aromatic carbocycles. The van der Waals surface area contributed by atoms with Gasteiger partial charge >= 0.3 is 6.03 Å². The number of rotatable bonds is 3. The van der Waals surface area contributed by atoms with E-state index in [1.54, 1.807) is 6.33 Å². The van der Waals surface area contributed by atoms with Crippen molar-refractivity contribution in [1.29, 1.82) is 0 Å². The number of hydrogen-bond donors (Lipinski definition) is 1. The number of urea groups is 1. The molecule has 2 aliphatic heterocycles. The number of piperidine rings is 1. The molecule has 1 saturated heterocycles. The number of nitrogens with one attached hydrogen (secondary N) is 1. The number of carbonyl (C=O) groups excluding carboxylic acids is 1. The van der Waals surface area contributed by atoms with Crippen LogP contribution in [-0.2, 0) is 13.6 Å². The molecular weight excluding hydrogens is 346 g/mol. The summed E-state index contributed by atoms with van der Waals surface area (Å²) in [6, 6.07) is 5.79. The topological polar surface area (TPSA) is 81.5 Å². The number of benzene rings is 1. The minimum atomic E-state index is -0.0291. The highest BCUT2D eigenvalue weighted by atomic mass is 16.5. The number of carbonyl (C=O) groups is 1. The fourth-order valence-electron chi connectivity index (χ4n) is 3.61. The van der Waals surface area contributed by atoms with Gasteiger partial charge in [0.15, 0.2) is 11.5 Å². The second-order valence-electron chi connectivity index (χ2n) is 7.05. The summed E-state index contributed by atoms with van der Waals surface area (Å²) in [5.74, 6) is 2.89. The highest BCUT2D eigenvalue weighted by Gasteiger charge is 2.26. The molecule has 0 atom stereocenters. The average Bonchev–Trinajstić information content (AvgIpc) is 2.98. The summed E-state index contributed by atoms with van der Waals surface area (Å²) in [6.45, 7) is 3.25. The van der Waals surface area contributed by atoms with Gasteiger partial charge in [0.05, 0.1) is 13.2 Å². The number of likely N-dealkylation sites (tertiary alicyclic amines) is 1. The zero-order chi connectivity index (χ0) is 18.6. The van der Waals surface area contributed by atoms with E-state index in [1.807, 2.05) is 34.7 Å². The highest BCUT2D eigenvalue weighted by Crippen LogP contribution is 2.30. The Morgan fingerprint density at radius 3 is 2.74 bits per heavy atom. The standard InChI is InChI=1S/C19H25N5O3/c1-23-13-21-22-18(23)15-5-7-24(8-6-15)19(25)20-12-14-3-4-16-17(11-14)27-10-2-9-26-16/h3-4,11,13,15H,2,5-10,12H2,1H3,(H,20,25).